The van der Waals surface area contributed by atoms with Crippen LogP contribution < -0.4 is 16.8 Å². The molecule has 0 aliphatic carbocycles. The molecule has 0 heterocycles. The standard InChI is InChI=1S/C12H17N3OS/c1-7-4-3-5-9(12(14)17)11(7)15-8(2)6-10(13)16/h3-5,8,15H,6H2,1-2H3,(H2,13,16)(H2,14,17). The monoisotopic (exact) mass is 251 g/mol. The van der Waals surface area contributed by atoms with Crippen molar-refractivity contribution in [2.75, 3.05) is 5.32 Å². The van der Waals surface area contributed by atoms with Gasteiger partial charge in [-0.05, 0) is 25.5 Å². The highest BCUT2D eigenvalue weighted by molar-refractivity contribution is 7.80. The molecule has 4 nitrogen and oxygen atoms in total. The summed E-state index contributed by atoms with van der Waals surface area (Å²) in [6.07, 6.45) is 0.269. The largest absolute Gasteiger partial charge is 0.389 e. The highest BCUT2D eigenvalue weighted by atomic mass is 32.1. The molecule has 0 aliphatic rings. The van der Waals surface area contributed by atoms with Crippen LogP contribution in [0.3, 0.4) is 0 Å². The van der Waals surface area contributed by atoms with Crippen LogP contribution >= 0.6 is 12.2 Å². The number of nitrogens with two attached hydrogens (primary N) is 2. The Morgan fingerprint density at radius 2 is 2.12 bits per heavy atom. The van der Waals surface area contributed by atoms with Crippen molar-refractivity contribution in [3.05, 3.63) is 29.3 Å². The summed E-state index contributed by atoms with van der Waals surface area (Å²) in [5.41, 5.74) is 13.5. The molecule has 17 heavy (non-hydrogen) atoms. The average molecular weight is 251 g/mol. The number of anilines is 1. The van der Waals surface area contributed by atoms with Crippen LogP contribution in [0.2, 0.25) is 0 Å². The van der Waals surface area contributed by atoms with Gasteiger partial charge in [0.15, 0.2) is 0 Å². The Bertz CT molecular complexity index is 445. The minimum atomic E-state index is -0.338. The second kappa shape index (κ2) is 5.63. The number of carbonyl (C=O) groups is 1. The first-order valence-electron chi connectivity index (χ1n) is 5.36. The van der Waals surface area contributed by atoms with Gasteiger partial charge >= 0.3 is 0 Å². The van der Waals surface area contributed by atoms with Crippen molar-refractivity contribution in [3.63, 3.8) is 0 Å². The molecule has 0 radical (unpaired) electrons. The zero-order chi connectivity index (χ0) is 13.0. The number of amides is 1. The third kappa shape index (κ3) is 3.71. The van der Waals surface area contributed by atoms with E-state index in [1.165, 1.54) is 0 Å². The predicted molar refractivity (Wildman–Crippen MR) is 74.0 cm³/mol. The summed E-state index contributed by atoms with van der Waals surface area (Å²) in [6, 6.07) is 5.66. The van der Waals surface area contributed by atoms with Crippen molar-refractivity contribution in [2.45, 2.75) is 26.3 Å². The van der Waals surface area contributed by atoms with Gasteiger partial charge in [-0.1, -0.05) is 24.4 Å². The molecule has 0 aromatic heterocycles. The van der Waals surface area contributed by atoms with Crippen molar-refractivity contribution in [1.82, 2.24) is 0 Å². The van der Waals surface area contributed by atoms with Gasteiger partial charge in [0.05, 0.1) is 0 Å². The summed E-state index contributed by atoms with van der Waals surface area (Å²) in [7, 11) is 0. The maximum atomic E-state index is 10.8. The minimum Gasteiger partial charge on any atom is -0.389 e. The van der Waals surface area contributed by atoms with Crippen molar-refractivity contribution < 1.29 is 4.79 Å². The Morgan fingerprint density at radius 1 is 1.47 bits per heavy atom. The third-order valence-electron chi connectivity index (χ3n) is 2.44. The molecule has 1 amide bonds. The van der Waals surface area contributed by atoms with Crippen LogP contribution in [0.4, 0.5) is 5.69 Å². The van der Waals surface area contributed by atoms with Gasteiger partial charge in [-0.3, -0.25) is 4.79 Å². The molecule has 5 heteroatoms. The molecule has 0 fully saturated rings. The zero-order valence-corrected chi connectivity index (χ0v) is 10.8. The van der Waals surface area contributed by atoms with Crippen molar-refractivity contribution in [2.24, 2.45) is 11.5 Å². The molecular weight excluding hydrogens is 234 g/mol. The van der Waals surface area contributed by atoms with Crippen LogP contribution in [0.25, 0.3) is 0 Å². The summed E-state index contributed by atoms with van der Waals surface area (Å²) < 4.78 is 0. The maximum Gasteiger partial charge on any atom is 0.219 e. The number of aryl methyl sites for hydroxylation is 1. The van der Waals surface area contributed by atoms with Crippen molar-refractivity contribution >= 4 is 28.8 Å². The van der Waals surface area contributed by atoms with Gasteiger partial charge in [0.1, 0.15) is 4.99 Å². The van der Waals surface area contributed by atoms with Gasteiger partial charge in [0, 0.05) is 23.7 Å². The highest BCUT2D eigenvalue weighted by Crippen LogP contribution is 2.21. The molecule has 1 aromatic rings. The van der Waals surface area contributed by atoms with Crippen molar-refractivity contribution in [1.29, 1.82) is 0 Å². The maximum absolute atomic E-state index is 10.8. The molecule has 0 bridgehead atoms. The first-order chi connectivity index (χ1) is 7.91. The summed E-state index contributed by atoms with van der Waals surface area (Å²) in [5.74, 6) is -0.338. The first kappa shape index (κ1) is 13.4. The zero-order valence-electron chi connectivity index (χ0n) is 9.99. The Kier molecular flexibility index (Phi) is 4.45. The van der Waals surface area contributed by atoms with Crippen LogP contribution in [0.15, 0.2) is 18.2 Å². The van der Waals surface area contributed by atoms with E-state index in [1.54, 1.807) is 0 Å². The van der Waals surface area contributed by atoms with E-state index in [0.29, 0.717) is 4.99 Å². The molecule has 0 saturated heterocycles. The smallest absolute Gasteiger partial charge is 0.219 e. The summed E-state index contributed by atoms with van der Waals surface area (Å²) in [5, 5.41) is 3.22. The number of hydrogen-bond donors (Lipinski definition) is 3. The number of rotatable bonds is 5. The second-order valence-electron chi connectivity index (χ2n) is 4.08. The van der Waals surface area contributed by atoms with Gasteiger partial charge in [-0.25, -0.2) is 0 Å². The minimum absolute atomic E-state index is 0.0540. The molecule has 1 rings (SSSR count). The van der Waals surface area contributed by atoms with Gasteiger partial charge in [0.2, 0.25) is 5.91 Å². The molecular formula is C12H17N3OS. The van der Waals surface area contributed by atoms with Crippen LogP contribution in [0.1, 0.15) is 24.5 Å². The Hall–Kier alpha value is -1.62. The lowest BCUT2D eigenvalue weighted by atomic mass is 10.1. The fraction of sp³-hybridized carbons (Fsp3) is 0.333. The molecule has 92 valence electrons. The van der Waals surface area contributed by atoms with E-state index >= 15 is 0 Å². The van der Waals surface area contributed by atoms with Crippen LogP contribution in [-0.2, 0) is 4.79 Å². The van der Waals surface area contributed by atoms with E-state index in [2.05, 4.69) is 5.32 Å². The van der Waals surface area contributed by atoms with E-state index in [1.807, 2.05) is 32.0 Å². The topological polar surface area (TPSA) is 81.1 Å². The van der Waals surface area contributed by atoms with E-state index in [-0.39, 0.29) is 18.4 Å². The number of nitrogens with one attached hydrogen (secondary N) is 1. The summed E-state index contributed by atoms with van der Waals surface area (Å²) >= 11 is 5.00. The number of carbonyl (C=O) groups excluding carboxylic acids is 1. The van der Waals surface area contributed by atoms with E-state index in [9.17, 15) is 4.79 Å². The summed E-state index contributed by atoms with van der Waals surface area (Å²) in [4.78, 5) is 11.2. The van der Waals surface area contributed by atoms with Crippen molar-refractivity contribution in [3.8, 4) is 0 Å². The lowest BCUT2D eigenvalue weighted by Gasteiger charge is -2.18. The van der Waals surface area contributed by atoms with Crippen LogP contribution in [-0.4, -0.2) is 16.9 Å². The highest BCUT2D eigenvalue weighted by Gasteiger charge is 2.12. The molecule has 5 N–H and O–H groups in total. The average Bonchev–Trinajstić information content (AvgIpc) is 2.19. The fourth-order valence-corrected chi connectivity index (χ4v) is 1.83. The molecule has 1 aromatic carbocycles. The van der Waals surface area contributed by atoms with Crippen LogP contribution in [0, 0.1) is 6.92 Å². The normalized spacial score (nSPS) is 11.9. The summed E-state index contributed by atoms with van der Waals surface area (Å²) in [6.45, 7) is 3.85. The van der Waals surface area contributed by atoms with Gasteiger partial charge in [0.25, 0.3) is 0 Å². The van der Waals surface area contributed by atoms with E-state index < -0.39 is 0 Å². The Labute approximate surface area is 106 Å². The number of benzene rings is 1. The second-order valence-corrected chi connectivity index (χ2v) is 4.52. The molecule has 0 saturated carbocycles. The fourth-order valence-electron chi connectivity index (χ4n) is 1.66. The predicted octanol–water partition coefficient (Wildman–Crippen LogP) is 1.31. The number of thiocarbonyl (C=S) groups is 1. The van der Waals surface area contributed by atoms with E-state index in [4.69, 9.17) is 23.7 Å². The number of para-hydroxylation sites is 1. The molecule has 1 unspecified atom stereocenters. The lowest BCUT2D eigenvalue weighted by Crippen LogP contribution is -2.25. The molecule has 0 aliphatic heterocycles. The Balaban J connectivity index is 2.96. The third-order valence-corrected chi connectivity index (χ3v) is 2.66. The molecule has 1 atom stereocenters. The van der Waals surface area contributed by atoms with Gasteiger partial charge < -0.3 is 16.8 Å². The Morgan fingerprint density at radius 3 is 2.65 bits per heavy atom. The number of primary amides is 1. The SMILES string of the molecule is Cc1cccc(C(N)=S)c1NC(C)CC(N)=O. The van der Waals surface area contributed by atoms with Crippen LogP contribution in [0.5, 0.6) is 0 Å². The quantitative estimate of drug-likeness (QED) is 0.689. The first-order valence-corrected chi connectivity index (χ1v) is 5.77. The van der Waals surface area contributed by atoms with Gasteiger partial charge in [-0.15, -0.1) is 0 Å². The van der Waals surface area contributed by atoms with Gasteiger partial charge in [-0.2, -0.15) is 0 Å². The molecule has 0 spiro atoms. The number of hydrogen-bond acceptors (Lipinski definition) is 3. The van der Waals surface area contributed by atoms with E-state index in [0.717, 1.165) is 16.8 Å². The lowest BCUT2D eigenvalue weighted by molar-refractivity contribution is -0.118.